The quantitative estimate of drug-likeness (QED) is 0.818. The molecule has 1 aromatic rings. The zero-order chi connectivity index (χ0) is 11.9. The Balaban J connectivity index is 1.97. The molecular formula is C14H21N3. The van der Waals surface area contributed by atoms with E-state index < -0.39 is 0 Å². The summed E-state index contributed by atoms with van der Waals surface area (Å²) in [5.74, 6) is 0. The summed E-state index contributed by atoms with van der Waals surface area (Å²) in [5.41, 5.74) is 2.59. The Hall–Kier alpha value is -1.32. The fourth-order valence-corrected chi connectivity index (χ4v) is 2.03. The third-order valence-electron chi connectivity index (χ3n) is 3.01. The molecule has 1 aliphatic rings. The molecule has 2 N–H and O–H groups in total. The molecule has 0 amide bonds. The average molecular weight is 231 g/mol. The summed E-state index contributed by atoms with van der Waals surface area (Å²) >= 11 is 0. The largest absolute Gasteiger partial charge is 0.369 e. The van der Waals surface area contributed by atoms with Crippen LogP contribution < -0.4 is 15.5 Å². The van der Waals surface area contributed by atoms with Crippen molar-refractivity contribution in [3.63, 3.8) is 0 Å². The molecule has 17 heavy (non-hydrogen) atoms. The van der Waals surface area contributed by atoms with Gasteiger partial charge in [0.25, 0.3) is 0 Å². The van der Waals surface area contributed by atoms with Crippen LogP contribution in [0.5, 0.6) is 0 Å². The number of nitrogens with one attached hydrogen (secondary N) is 2. The summed E-state index contributed by atoms with van der Waals surface area (Å²) in [6.45, 7) is 5.30. The Morgan fingerprint density at radius 2 is 1.94 bits per heavy atom. The van der Waals surface area contributed by atoms with E-state index in [9.17, 15) is 0 Å². The minimum atomic E-state index is 0.916. The summed E-state index contributed by atoms with van der Waals surface area (Å²) in [4.78, 5) is 2.43. The van der Waals surface area contributed by atoms with E-state index >= 15 is 0 Å². The highest BCUT2D eigenvalue weighted by Gasteiger charge is 2.09. The van der Waals surface area contributed by atoms with E-state index in [0.717, 1.165) is 32.7 Å². The highest BCUT2D eigenvalue weighted by Crippen LogP contribution is 2.16. The van der Waals surface area contributed by atoms with Crippen LogP contribution >= 0.6 is 0 Å². The number of hydrogen-bond donors (Lipinski definition) is 2. The molecule has 0 bridgehead atoms. The van der Waals surface area contributed by atoms with Gasteiger partial charge in [0.2, 0.25) is 0 Å². The molecule has 0 aliphatic carbocycles. The second-order valence-electron chi connectivity index (χ2n) is 4.29. The van der Waals surface area contributed by atoms with E-state index in [4.69, 9.17) is 0 Å². The summed E-state index contributed by atoms with van der Waals surface area (Å²) < 4.78 is 0. The molecule has 0 spiro atoms. The van der Waals surface area contributed by atoms with Crippen molar-refractivity contribution >= 4 is 11.8 Å². The van der Waals surface area contributed by atoms with Gasteiger partial charge in [-0.1, -0.05) is 24.3 Å². The lowest BCUT2D eigenvalue weighted by atomic mass is 10.1. The van der Waals surface area contributed by atoms with E-state index in [0.29, 0.717) is 0 Å². The van der Waals surface area contributed by atoms with Gasteiger partial charge in [0.15, 0.2) is 0 Å². The first-order valence-corrected chi connectivity index (χ1v) is 6.27. The second kappa shape index (κ2) is 6.42. The van der Waals surface area contributed by atoms with E-state index in [-0.39, 0.29) is 0 Å². The highest BCUT2D eigenvalue weighted by molar-refractivity contribution is 5.56. The van der Waals surface area contributed by atoms with Crippen molar-refractivity contribution in [1.29, 1.82) is 0 Å². The van der Waals surface area contributed by atoms with Gasteiger partial charge in [0, 0.05) is 38.4 Å². The molecule has 0 saturated carbocycles. The maximum atomic E-state index is 3.37. The number of rotatable bonds is 4. The standard InChI is InChI=1S/C14H21N3/c1-15-8-2-3-13-4-6-14(7-5-13)17-11-9-16-10-12-17/h2-7,15-16H,8-12H2,1H3. The van der Waals surface area contributed by atoms with Crippen molar-refractivity contribution in [3.8, 4) is 0 Å². The molecule has 1 aliphatic heterocycles. The minimum absolute atomic E-state index is 0.916. The normalized spacial score (nSPS) is 16.6. The van der Waals surface area contributed by atoms with Crippen LogP contribution in [0, 0.1) is 0 Å². The Morgan fingerprint density at radius 1 is 1.24 bits per heavy atom. The molecule has 92 valence electrons. The number of piperazine rings is 1. The smallest absolute Gasteiger partial charge is 0.0367 e. The predicted octanol–water partition coefficient (Wildman–Crippen LogP) is 1.33. The number of benzene rings is 1. The third kappa shape index (κ3) is 3.58. The lowest BCUT2D eigenvalue weighted by Crippen LogP contribution is -2.43. The second-order valence-corrected chi connectivity index (χ2v) is 4.29. The number of nitrogens with zero attached hydrogens (tertiary/aromatic N) is 1. The molecule has 0 aromatic heterocycles. The van der Waals surface area contributed by atoms with Crippen LogP contribution in [0.3, 0.4) is 0 Å². The van der Waals surface area contributed by atoms with Gasteiger partial charge >= 0.3 is 0 Å². The third-order valence-corrected chi connectivity index (χ3v) is 3.01. The first-order chi connectivity index (χ1) is 8.40. The Bertz CT molecular complexity index is 350. The van der Waals surface area contributed by atoms with Gasteiger partial charge in [-0.15, -0.1) is 0 Å². The topological polar surface area (TPSA) is 27.3 Å². The predicted molar refractivity (Wildman–Crippen MR) is 74.5 cm³/mol. The molecule has 3 nitrogen and oxygen atoms in total. The van der Waals surface area contributed by atoms with E-state index in [2.05, 4.69) is 52.0 Å². The molecule has 0 atom stereocenters. The zero-order valence-corrected chi connectivity index (χ0v) is 10.4. The number of anilines is 1. The Labute approximate surface area is 104 Å². The number of likely N-dealkylation sites (N-methyl/N-ethyl adjacent to an activating group) is 1. The maximum Gasteiger partial charge on any atom is 0.0367 e. The van der Waals surface area contributed by atoms with Crippen molar-refractivity contribution in [3.05, 3.63) is 35.9 Å². The fourth-order valence-electron chi connectivity index (χ4n) is 2.03. The van der Waals surface area contributed by atoms with Gasteiger partial charge in [-0.3, -0.25) is 0 Å². The monoisotopic (exact) mass is 231 g/mol. The van der Waals surface area contributed by atoms with Gasteiger partial charge < -0.3 is 15.5 Å². The Kier molecular flexibility index (Phi) is 4.59. The van der Waals surface area contributed by atoms with Gasteiger partial charge in [-0.05, 0) is 24.7 Å². The van der Waals surface area contributed by atoms with Gasteiger partial charge in [-0.2, -0.15) is 0 Å². The zero-order valence-electron chi connectivity index (χ0n) is 10.4. The summed E-state index contributed by atoms with van der Waals surface area (Å²) in [6, 6.07) is 8.79. The van der Waals surface area contributed by atoms with Gasteiger partial charge in [-0.25, -0.2) is 0 Å². The van der Waals surface area contributed by atoms with Crippen LogP contribution in [0.1, 0.15) is 5.56 Å². The molecule has 1 fully saturated rings. The van der Waals surface area contributed by atoms with Crippen molar-refractivity contribution < 1.29 is 0 Å². The van der Waals surface area contributed by atoms with Gasteiger partial charge in [0.1, 0.15) is 0 Å². The van der Waals surface area contributed by atoms with Crippen LogP contribution in [-0.4, -0.2) is 39.8 Å². The average Bonchev–Trinajstić information content (AvgIpc) is 2.41. The maximum absolute atomic E-state index is 3.37. The van der Waals surface area contributed by atoms with Crippen LogP contribution in [0.15, 0.2) is 30.3 Å². The molecule has 0 unspecified atom stereocenters. The SMILES string of the molecule is CNCC=Cc1ccc(N2CCNCC2)cc1. The molecule has 3 heteroatoms. The van der Waals surface area contributed by atoms with E-state index in [1.54, 1.807) is 0 Å². The molecular weight excluding hydrogens is 210 g/mol. The molecule has 1 aromatic carbocycles. The van der Waals surface area contributed by atoms with Crippen molar-refractivity contribution in [2.75, 3.05) is 44.7 Å². The van der Waals surface area contributed by atoms with E-state index in [1.165, 1.54) is 11.3 Å². The summed E-state index contributed by atoms with van der Waals surface area (Å²) in [6.07, 6.45) is 4.29. The van der Waals surface area contributed by atoms with Crippen molar-refractivity contribution in [1.82, 2.24) is 10.6 Å². The first-order valence-electron chi connectivity index (χ1n) is 6.27. The molecule has 0 radical (unpaired) electrons. The lowest BCUT2D eigenvalue weighted by Gasteiger charge is -2.29. The fraction of sp³-hybridized carbons (Fsp3) is 0.429. The van der Waals surface area contributed by atoms with E-state index in [1.807, 2.05) is 7.05 Å². The minimum Gasteiger partial charge on any atom is -0.369 e. The van der Waals surface area contributed by atoms with Crippen molar-refractivity contribution in [2.45, 2.75) is 0 Å². The molecule has 2 rings (SSSR count). The first kappa shape index (κ1) is 12.1. The lowest BCUT2D eigenvalue weighted by molar-refractivity contribution is 0.589. The van der Waals surface area contributed by atoms with Crippen LogP contribution in [0.25, 0.3) is 6.08 Å². The Morgan fingerprint density at radius 3 is 2.59 bits per heavy atom. The van der Waals surface area contributed by atoms with Crippen LogP contribution in [0.4, 0.5) is 5.69 Å². The van der Waals surface area contributed by atoms with Crippen LogP contribution in [0.2, 0.25) is 0 Å². The highest BCUT2D eigenvalue weighted by atomic mass is 15.2. The summed E-state index contributed by atoms with van der Waals surface area (Å²) in [7, 11) is 1.96. The molecule has 1 heterocycles. The summed E-state index contributed by atoms with van der Waals surface area (Å²) in [5, 5.41) is 6.47. The molecule has 1 saturated heterocycles. The van der Waals surface area contributed by atoms with Gasteiger partial charge in [0.05, 0.1) is 0 Å². The number of hydrogen-bond acceptors (Lipinski definition) is 3. The van der Waals surface area contributed by atoms with Crippen molar-refractivity contribution in [2.24, 2.45) is 0 Å². The van der Waals surface area contributed by atoms with Crippen LogP contribution in [-0.2, 0) is 0 Å².